The topological polar surface area (TPSA) is 107 Å². The molecule has 0 saturated heterocycles. The van der Waals surface area contributed by atoms with Crippen molar-refractivity contribution in [3.05, 3.63) is 78.3 Å². The number of aromatic nitrogens is 2. The molecule has 35 heavy (non-hydrogen) atoms. The van der Waals surface area contributed by atoms with E-state index in [0.717, 1.165) is 0 Å². The van der Waals surface area contributed by atoms with E-state index in [1.165, 1.54) is 42.5 Å². The Balaban J connectivity index is 0.00000342. The minimum absolute atomic E-state index is 0. The number of benzene rings is 1. The molecule has 0 bridgehead atoms. The number of sulfonamides is 1. The van der Waals surface area contributed by atoms with E-state index in [-0.39, 0.29) is 31.8 Å². The number of ether oxygens (including phenoxy) is 2. The summed E-state index contributed by atoms with van der Waals surface area (Å²) in [7, 11) is -4.23. The fraction of sp³-hybridized carbons (Fsp3) is 0.240. The second-order valence-electron chi connectivity index (χ2n) is 8.08. The predicted octanol–water partition coefficient (Wildman–Crippen LogP) is 4.80. The summed E-state index contributed by atoms with van der Waals surface area (Å²) in [6.45, 7) is 9.58. The van der Waals surface area contributed by atoms with Crippen LogP contribution in [0.5, 0.6) is 11.6 Å². The van der Waals surface area contributed by atoms with Crippen LogP contribution >= 0.6 is 0 Å². The number of nitrogens with zero attached hydrogens (tertiary/aromatic N) is 2. The molecule has 2 aromatic heterocycles. The molecule has 1 amide bonds. The first-order valence-electron chi connectivity index (χ1n) is 10.8. The van der Waals surface area contributed by atoms with Gasteiger partial charge < -0.3 is 9.47 Å². The second kappa shape index (κ2) is 11.1. The van der Waals surface area contributed by atoms with Gasteiger partial charge in [0.2, 0.25) is 5.88 Å². The molecule has 188 valence electrons. The van der Waals surface area contributed by atoms with Crippen LogP contribution in [-0.4, -0.2) is 37.5 Å². The van der Waals surface area contributed by atoms with Crippen molar-refractivity contribution < 1.29 is 29.9 Å². The Kier molecular flexibility index (Phi) is 8.18. The Morgan fingerprint density at radius 3 is 2.63 bits per heavy atom. The fourth-order valence-corrected chi connectivity index (χ4v) is 3.96. The zero-order chi connectivity index (χ0) is 25.6. The maximum atomic E-state index is 14.2. The standard InChI is InChI=1S/C25H26FN3O5S.2H2/c1-5-11-33-25-21(24(30)29-35(31,32)23-8-6-7-17(4)27-23)9-10-22(28-25)18-12-19(26)14-20(13-18)34-15-16(2)3;;/h5-10,12-14,16H,1,11,15H2,2-4H3,(H,29,30);2*1H. The number of carbonyl (C=O) groups excluding carboxylic acids is 1. The highest BCUT2D eigenvalue weighted by Gasteiger charge is 2.24. The average molecular weight is 504 g/mol. The molecular weight excluding hydrogens is 473 g/mol. The van der Waals surface area contributed by atoms with E-state index in [0.29, 0.717) is 29.3 Å². The molecule has 0 atom stereocenters. The molecule has 2 heterocycles. The summed E-state index contributed by atoms with van der Waals surface area (Å²) in [4.78, 5) is 21.1. The lowest BCUT2D eigenvalue weighted by Gasteiger charge is -2.13. The van der Waals surface area contributed by atoms with Crippen LogP contribution in [0.3, 0.4) is 0 Å². The lowest BCUT2D eigenvalue weighted by molar-refractivity contribution is 0.0977. The van der Waals surface area contributed by atoms with Gasteiger partial charge in [-0.05, 0) is 49.2 Å². The smallest absolute Gasteiger partial charge is 0.281 e. The third-order valence-electron chi connectivity index (χ3n) is 4.56. The van der Waals surface area contributed by atoms with Crippen LogP contribution in [0.4, 0.5) is 4.39 Å². The van der Waals surface area contributed by atoms with Crippen LogP contribution < -0.4 is 14.2 Å². The quantitative estimate of drug-likeness (QED) is 0.396. The summed E-state index contributed by atoms with van der Waals surface area (Å²) in [6.07, 6.45) is 1.45. The Morgan fingerprint density at radius 1 is 1.17 bits per heavy atom. The molecule has 0 unspecified atom stereocenters. The Morgan fingerprint density at radius 2 is 1.94 bits per heavy atom. The molecule has 0 aliphatic carbocycles. The third-order valence-corrected chi connectivity index (χ3v) is 5.79. The number of carbonyl (C=O) groups is 1. The number of pyridine rings is 2. The van der Waals surface area contributed by atoms with Crippen molar-refractivity contribution in [3.63, 3.8) is 0 Å². The molecule has 0 radical (unpaired) electrons. The number of hydrogen-bond acceptors (Lipinski definition) is 7. The highest BCUT2D eigenvalue weighted by atomic mass is 32.2. The number of aryl methyl sites for hydroxylation is 1. The maximum absolute atomic E-state index is 14.2. The summed E-state index contributed by atoms with van der Waals surface area (Å²) in [5.41, 5.74) is 1.06. The van der Waals surface area contributed by atoms with Crippen LogP contribution in [0.2, 0.25) is 0 Å². The molecule has 3 aromatic rings. The predicted molar refractivity (Wildman–Crippen MR) is 134 cm³/mol. The van der Waals surface area contributed by atoms with Gasteiger partial charge in [0.25, 0.3) is 15.9 Å². The molecule has 1 aromatic carbocycles. The highest BCUT2D eigenvalue weighted by Crippen LogP contribution is 2.28. The van der Waals surface area contributed by atoms with Gasteiger partial charge in [-0.1, -0.05) is 32.6 Å². The number of nitrogens with one attached hydrogen (secondary N) is 1. The highest BCUT2D eigenvalue weighted by molar-refractivity contribution is 7.90. The van der Waals surface area contributed by atoms with E-state index in [9.17, 15) is 17.6 Å². The largest absolute Gasteiger partial charge is 0.493 e. The molecule has 0 aliphatic heterocycles. The molecular formula is C25H30FN3O5S. The van der Waals surface area contributed by atoms with Crippen molar-refractivity contribution in [2.45, 2.75) is 25.8 Å². The molecule has 8 nitrogen and oxygen atoms in total. The van der Waals surface area contributed by atoms with Crippen LogP contribution in [0.15, 0.2) is 66.2 Å². The van der Waals surface area contributed by atoms with Crippen molar-refractivity contribution >= 4 is 15.9 Å². The molecule has 3 rings (SSSR count). The van der Waals surface area contributed by atoms with Gasteiger partial charge in [-0.15, -0.1) is 0 Å². The van der Waals surface area contributed by atoms with E-state index >= 15 is 0 Å². The minimum atomic E-state index is -4.23. The Labute approximate surface area is 206 Å². The second-order valence-corrected chi connectivity index (χ2v) is 9.71. The molecule has 10 heteroatoms. The van der Waals surface area contributed by atoms with E-state index in [2.05, 4.69) is 16.5 Å². The van der Waals surface area contributed by atoms with Gasteiger partial charge in [0, 0.05) is 20.2 Å². The summed E-state index contributed by atoms with van der Waals surface area (Å²) < 4.78 is 52.6. The SMILES string of the molecule is C=CCOc1nc(-c2cc(F)cc(OCC(C)C)c2)ccc1C(=O)NS(=O)(=O)c1cccc(C)n1.[HH].[HH]. The van der Waals surface area contributed by atoms with E-state index in [4.69, 9.17) is 9.47 Å². The number of amides is 1. The first kappa shape index (κ1) is 25.8. The van der Waals surface area contributed by atoms with Crippen LogP contribution in [0, 0.1) is 18.7 Å². The number of halogens is 1. The summed E-state index contributed by atoms with van der Waals surface area (Å²) in [6, 6.07) is 11.4. The van der Waals surface area contributed by atoms with Crippen molar-refractivity contribution in [3.8, 4) is 22.9 Å². The van der Waals surface area contributed by atoms with E-state index in [1.54, 1.807) is 19.1 Å². The molecule has 0 spiro atoms. The molecule has 0 aliphatic rings. The lowest BCUT2D eigenvalue weighted by Crippen LogP contribution is -2.31. The Bertz CT molecular complexity index is 1350. The van der Waals surface area contributed by atoms with Gasteiger partial charge >= 0.3 is 0 Å². The van der Waals surface area contributed by atoms with E-state index < -0.39 is 21.7 Å². The monoisotopic (exact) mass is 503 g/mol. The number of hydrogen-bond donors (Lipinski definition) is 1. The normalized spacial score (nSPS) is 11.2. The molecule has 1 N–H and O–H groups in total. The van der Waals surface area contributed by atoms with Gasteiger partial charge in [-0.25, -0.2) is 19.1 Å². The summed E-state index contributed by atoms with van der Waals surface area (Å²) in [5.74, 6) is -1.02. The van der Waals surface area contributed by atoms with Crippen LogP contribution in [0.1, 0.15) is 32.8 Å². The van der Waals surface area contributed by atoms with Crippen LogP contribution in [-0.2, 0) is 10.0 Å². The van der Waals surface area contributed by atoms with Gasteiger partial charge in [0.1, 0.15) is 23.7 Å². The van der Waals surface area contributed by atoms with Gasteiger partial charge in [0.15, 0.2) is 5.03 Å². The zero-order valence-electron chi connectivity index (χ0n) is 19.6. The first-order chi connectivity index (χ1) is 16.6. The molecule has 0 fully saturated rings. The fourth-order valence-electron chi connectivity index (χ4n) is 2.98. The maximum Gasteiger partial charge on any atom is 0.281 e. The third kappa shape index (κ3) is 6.86. The van der Waals surface area contributed by atoms with Gasteiger partial charge in [-0.3, -0.25) is 4.79 Å². The Hall–Kier alpha value is -3.79. The zero-order valence-corrected chi connectivity index (χ0v) is 20.4. The van der Waals surface area contributed by atoms with Crippen molar-refractivity contribution in [2.24, 2.45) is 5.92 Å². The summed E-state index contributed by atoms with van der Waals surface area (Å²) in [5, 5.41) is -0.294. The number of rotatable bonds is 10. The van der Waals surface area contributed by atoms with Crippen molar-refractivity contribution in [2.75, 3.05) is 13.2 Å². The van der Waals surface area contributed by atoms with Crippen molar-refractivity contribution in [1.82, 2.24) is 14.7 Å². The van der Waals surface area contributed by atoms with Crippen molar-refractivity contribution in [1.29, 1.82) is 0 Å². The lowest BCUT2D eigenvalue weighted by atomic mass is 10.1. The van der Waals surface area contributed by atoms with Gasteiger partial charge in [-0.2, -0.15) is 8.42 Å². The summed E-state index contributed by atoms with van der Waals surface area (Å²) >= 11 is 0. The van der Waals surface area contributed by atoms with E-state index in [1.807, 2.05) is 18.6 Å². The first-order valence-corrected chi connectivity index (χ1v) is 12.3. The van der Waals surface area contributed by atoms with Gasteiger partial charge in [0.05, 0.1) is 12.3 Å². The minimum Gasteiger partial charge on any atom is -0.493 e. The van der Waals surface area contributed by atoms with Crippen LogP contribution in [0.25, 0.3) is 11.3 Å². The average Bonchev–Trinajstić information content (AvgIpc) is 2.80. The molecule has 0 saturated carbocycles.